The molecule has 0 unspecified atom stereocenters. The molecule has 0 aliphatic rings. The van der Waals surface area contributed by atoms with Gasteiger partial charge < -0.3 is 4.98 Å². The summed E-state index contributed by atoms with van der Waals surface area (Å²) in [7, 11) is 0. The summed E-state index contributed by atoms with van der Waals surface area (Å²) in [5.41, 5.74) is 4.36. The molecular weight excluding hydrogens is 449 g/mol. The van der Waals surface area contributed by atoms with E-state index in [2.05, 4.69) is 16.0 Å². The Morgan fingerprint density at radius 1 is 1.06 bits per heavy atom. The van der Waals surface area contributed by atoms with E-state index in [1.165, 1.54) is 11.3 Å². The van der Waals surface area contributed by atoms with Crippen molar-refractivity contribution in [3.63, 3.8) is 0 Å². The number of halogens is 2. The van der Waals surface area contributed by atoms with Crippen LogP contribution in [0.1, 0.15) is 5.56 Å². The molecular formula is C23H15Cl2N5S. The number of H-pyrrole nitrogens is 1. The molecule has 152 valence electrons. The predicted octanol–water partition coefficient (Wildman–Crippen LogP) is 6.51. The van der Waals surface area contributed by atoms with Crippen molar-refractivity contribution >= 4 is 57.3 Å². The summed E-state index contributed by atoms with van der Waals surface area (Å²) in [5, 5.41) is 9.02. The van der Waals surface area contributed by atoms with E-state index >= 15 is 0 Å². The van der Waals surface area contributed by atoms with Crippen molar-refractivity contribution < 1.29 is 0 Å². The number of nitrogens with zero attached hydrogens (tertiary/aromatic N) is 4. The van der Waals surface area contributed by atoms with E-state index in [4.69, 9.17) is 33.3 Å². The first-order valence-corrected chi connectivity index (χ1v) is 11.0. The quantitative estimate of drug-likeness (QED) is 0.303. The average molecular weight is 464 g/mol. The molecule has 1 N–H and O–H groups in total. The Morgan fingerprint density at radius 3 is 2.84 bits per heavy atom. The fourth-order valence-electron chi connectivity index (χ4n) is 3.22. The first kappa shape index (κ1) is 19.8. The summed E-state index contributed by atoms with van der Waals surface area (Å²) in [4.78, 5) is 12.8. The number of para-hydroxylation sites is 1. The van der Waals surface area contributed by atoms with Crippen LogP contribution in [0.25, 0.3) is 22.2 Å². The van der Waals surface area contributed by atoms with Crippen molar-refractivity contribution in [3.05, 3.63) is 99.0 Å². The minimum absolute atomic E-state index is 0.589. The molecule has 0 amide bonds. The molecule has 0 atom stereocenters. The first-order valence-electron chi connectivity index (χ1n) is 9.40. The van der Waals surface area contributed by atoms with E-state index in [-0.39, 0.29) is 0 Å². The highest BCUT2D eigenvalue weighted by Crippen LogP contribution is 2.31. The normalized spacial score (nSPS) is 12.3. The maximum atomic E-state index is 6.49. The van der Waals surface area contributed by atoms with Crippen LogP contribution < -0.4 is 4.80 Å². The molecule has 0 bridgehead atoms. The van der Waals surface area contributed by atoms with Crippen molar-refractivity contribution in [2.45, 2.75) is 0 Å². The molecule has 2 aromatic carbocycles. The van der Waals surface area contributed by atoms with Gasteiger partial charge in [-0.25, -0.2) is 9.67 Å². The van der Waals surface area contributed by atoms with Crippen LogP contribution in [-0.4, -0.2) is 20.9 Å². The Labute approximate surface area is 192 Å². The van der Waals surface area contributed by atoms with Crippen LogP contribution in [0.2, 0.25) is 10.0 Å². The molecule has 0 spiro atoms. The second kappa shape index (κ2) is 8.51. The van der Waals surface area contributed by atoms with Gasteiger partial charge in [-0.1, -0.05) is 41.4 Å². The first-order chi connectivity index (χ1) is 15.2. The van der Waals surface area contributed by atoms with Gasteiger partial charge in [-0.05, 0) is 36.4 Å². The summed E-state index contributed by atoms with van der Waals surface area (Å²) < 4.78 is 1.77. The SMILES string of the molecule is Clc1ccc(Cl)c(-c2csc(=Nc3cccnc3)n2N=Cc2c[nH]c3ccccc23)c1. The van der Waals surface area contributed by atoms with E-state index in [1.807, 2.05) is 54.2 Å². The fraction of sp³-hybridized carbons (Fsp3) is 0. The van der Waals surface area contributed by atoms with Gasteiger partial charge in [-0.15, -0.1) is 11.3 Å². The Morgan fingerprint density at radius 2 is 1.97 bits per heavy atom. The van der Waals surface area contributed by atoms with Crippen molar-refractivity contribution in [2.75, 3.05) is 0 Å². The van der Waals surface area contributed by atoms with Crippen LogP contribution in [-0.2, 0) is 0 Å². The molecule has 3 heterocycles. The summed E-state index contributed by atoms with van der Waals surface area (Å²) in [6, 6.07) is 17.2. The number of hydrogen-bond acceptors (Lipinski definition) is 4. The lowest BCUT2D eigenvalue weighted by Gasteiger charge is -2.06. The average Bonchev–Trinajstić information content (AvgIpc) is 3.38. The highest BCUT2D eigenvalue weighted by Gasteiger charge is 2.12. The lowest BCUT2D eigenvalue weighted by molar-refractivity contribution is 0.854. The molecule has 5 rings (SSSR count). The van der Waals surface area contributed by atoms with E-state index < -0.39 is 0 Å². The van der Waals surface area contributed by atoms with E-state index in [9.17, 15) is 0 Å². The zero-order chi connectivity index (χ0) is 21.2. The molecule has 5 aromatic rings. The van der Waals surface area contributed by atoms with Gasteiger partial charge in [-0.2, -0.15) is 5.10 Å². The van der Waals surface area contributed by atoms with Crippen molar-refractivity contribution in [2.24, 2.45) is 10.1 Å². The van der Waals surface area contributed by atoms with Crippen molar-refractivity contribution in [1.29, 1.82) is 0 Å². The van der Waals surface area contributed by atoms with E-state index in [1.54, 1.807) is 29.2 Å². The van der Waals surface area contributed by atoms with Gasteiger partial charge in [0.25, 0.3) is 0 Å². The topological polar surface area (TPSA) is 58.3 Å². The summed E-state index contributed by atoms with van der Waals surface area (Å²) in [6.45, 7) is 0. The van der Waals surface area contributed by atoms with Gasteiger partial charge in [0.2, 0.25) is 4.80 Å². The third-order valence-corrected chi connectivity index (χ3v) is 6.07. The van der Waals surface area contributed by atoms with Gasteiger partial charge in [0.15, 0.2) is 0 Å². The fourth-order valence-corrected chi connectivity index (χ4v) is 4.45. The zero-order valence-electron chi connectivity index (χ0n) is 16.0. The number of benzene rings is 2. The number of fused-ring (bicyclic) bond motifs is 1. The Balaban J connectivity index is 1.68. The molecule has 5 nitrogen and oxygen atoms in total. The molecule has 0 aliphatic carbocycles. The number of thiazole rings is 1. The van der Waals surface area contributed by atoms with E-state index in [0.717, 1.165) is 33.4 Å². The molecule has 31 heavy (non-hydrogen) atoms. The van der Waals surface area contributed by atoms with Crippen molar-refractivity contribution in [1.82, 2.24) is 14.6 Å². The molecule has 8 heteroatoms. The van der Waals surface area contributed by atoms with Gasteiger partial charge in [0.1, 0.15) is 0 Å². The monoisotopic (exact) mass is 463 g/mol. The maximum absolute atomic E-state index is 6.49. The molecule has 0 fully saturated rings. The van der Waals surface area contributed by atoms with Gasteiger partial charge in [0, 0.05) is 44.8 Å². The maximum Gasteiger partial charge on any atom is 0.211 e. The number of rotatable bonds is 4. The minimum atomic E-state index is 0.589. The Kier molecular flexibility index (Phi) is 5.42. The summed E-state index contributed by atoms with van der Waals surface area (Å²) in [5.74, 6) is 0. The zero-order valence-corrected chi connectivity index (χ0v) is 18.4. The Bertz CT molecular complexity index is 1460. The molecule has 0 saturated heterocycles. The molecule has 0 aliphatic heterocycles. The number of aromatic nitrogens is 3. The van der Waals surface area contributed by atoms with Gasteiger partial charge >= 0.3 is 0 Å². The highest BCUT2D eigenvalue weighted by molar-refractivity contribution is 7.07. The van der Waals surface area contributed by atoms with Crippen molar-refractivity contribution in [3.8, 4) is 11.3 Å². The van der Waals surface area contributed by atoms with Crippen LogP contribution in [0.5, 0.6) is 0 Å². The lowest BCUT2D eigenvalue weighted by Crippen LogP contribution is -2.11. The number of aromatic amines is 1. The van der Waals surface area contributed by atoms with Crippen LogP contribution in [0.3, 0.4) is 0 Å². The summed E-state index contributed by atoms with van der Waals surface area (Å²) in [6.07, 6.45) is 7.17. The smallest absolute Gasteiger partial charge is 0.211 e. The third-order valence-electron chi connectivity index (χ3n) is 4.69. The highest BCUT2D eigenvalue weighted by atomic mass is 35.5. The van der Waals surface area contributed by atoms with Crippen LogP contribution in [0, 0.1) is 0 Å². The van der Waals surface area contributed by atoms with Crippen LogP contribution in [0.15, 0.2) is 88.7 Å². The molecule has 0 saturated carbocycles. The third kappa shape index (κ3) is 4.05. The largest absolute Gasteiger partial charge is 0.361 e. The lowest BCUT2D eigenvalue weighted by atomic mass is 10.2. The standard InChI is InChI=1S/C23H15Cl2N5S/c24-16-7-8-20(25)19(10-16)22-14-31-23(29-17-4-3-9-26-13-17)30(22)28-12-15-11-27-21-6-2-1-5-18(15)21/h1-14,27H. The van der Waals surface area contributed by atoms with Crippen LogP contribution >= 0.6 is 34.5 Å². The van der Waals surface area contributed by atoms with Crippen LogP contribution in [0.4, 0.5) is 5.69 Å². The molecule has 3 aromatic heterocycles. The van der Waals surface area contributed by atoms with Gasteiger partial charge in [-0.3, -0.25) is 4.98 Å². The second-order valence-corrected chi connectivity index (χ2v) is 8.38. The molecule has 0 radical (unpaired) electrons. The van der Waals surface area contributed by atoms with E-state index in [0.29, 0.717) is 14.8 Å². The minimum Gasteiger partial charge on any atom is -0.361 e. The number of pyridine rings is 1. The number of nitrogens with one attached hydrogen (secondary N) is 1. The van der Waals surface area contributed by atoms with Gasteiger partial charge in [0.05, 0.1) is 28.8 Å². The summed E-state index contributed by atoms with van der Waals surface area (Å²) >= 11 is 14.2. The second-order valence-electron chi connectivity index (χ2n) is 6.70. The Hall–Kier alpha value is -3.19. The number of hydrogen-bond donors (Lipinski definition) is 1. The predicted molar refractivity (Wildman–Crippen MR) is 129 cm³/mol.